The Morgan fingerprint density at radius 3 is 1.33 bits per heavy atom. The molecule has 0 saturated carbocycles. The zero-order valence-electron chi connectivity index (χ0n) is 13.5. The molecule has 0 aromatic heterocycles. The van der Waals surface area contributed by atoms with Crippen LogP contribution in [0.1, 0.15) is 34.6 Å². The van der Waals surface area contributed by atoms with E-state index in [1.807, 2.05) is 62.4 Å². The standard InChI is InChI=1S/C18H18N4O2/c1-11-3-7-13(8-4-11)15-19-17(23)22-16(20-18(24)21(15)22)14-9-5-12(2)6-10-14/h3-10,15-16H,1-2H3,(H,19,23)(H,20,24)/t15-,16-/m0/s1. The fourth-order valence-corrected chi connectivity index (χ4v) is 3.11. The first kappa shape index (κ1) is 14.6. The molecule has 2 N–H and O–H groups in total. The normalized spacial score (nSPS) is 22.4. The van der Waals surface area contributed by atoms with E-state index < -0.39 is 12.3 Å². The molecule has 4 amide bonds. The van der Waals surface area contributed by atoms with Crippen molar-refractivity contribution < 1.29 is 9.59 Å². The van der Waals surface area contributed by atoms with Crippen LogP contribution < -0.4 is 10.6 Å². The number of hydrogen-bond acceptors (Lipinski definition) is 2. The summed E-state index contributed by atoms with van der Waals surface area (Å²) in [6.45, 7) is 4.00. The molecular formula is C18H18N4O2. The lowest BCUT2D eigenvalue weighted by atomic mass is 10.1. The van der Waals surface area contributed by atoms with Crippen molar-refractivity contribution in [2.24, 2.45) is 0 Å². The number of carbonyl (C=O) groups is 2. The maximum Gasteiger partial charge on any atom is 0.340 e. The summed E-state index contributed by atoms with van der Waals surface area (Å²) < 4.78 is 0. The summed E-state index contributed by atoms with van der Waals surface area (Å²) in [5, 5.41) is 8.68. The molecule has 0 radical (unpaired) electrons. The number of hydrogen-bond donors (Lipinski definition) is 2. The number of benzene rings is 2. The van der Waals surface area contributed by atoms with E-state index in [0.717, 1.165) is 22.3 Å². The number of hydrazine groups is 1. The molecule has 0 bridgehead atoms. The molecule has 2 fully saturated rings. The number of fused-ring (bicyclic) bond motifs is 1. The van der Waals surface area contributed by atoms with Gasteiger partial charge in [0, 0.05) is 0 Å². The molecule has 24 heavy (non-hydrogen) atoms. The van der Waals surface area contributed by atoms with Crippen LogP contribution in [0.5, 0.6) is 0 Å². The second-order valence-corrected chi connectivity index (χ2v) is 6.21. The van der Waals surface area contributed by atoms with Crippen LogP contribution in [0.3, 0.4) is 0 Å². The average molecular weight is 322 g/mol. The van der Waals surface area contributed by atoms with Crippen LogP contribution in [-0.4, -0.2) is 22.1 Å². The maximum atomic E-state index is 12.5. The van der Waals surface area contributed by atoms with E-state index in [0.29, 0.717) is 0 Å². The molecule has 2 aromatic carbocycles. The molecular weight excluding hydrogens is 304 g/mol. The summed E-state index contributed by atoms with van der Waals surface area (Å²) in [6.07, 6.45) is -0.984. The van der Waals surface area contributed by atoms with Crippen molar-refractivity contribution in [3.63, 3.8) is 0 Å². The van der Waals surface area contributed by atoms with Crippen molar-refractivity contribution in [1.82, 2.24) is 20.7 Å². The summed E-state index contributed by atoms with van der Waals surface area (Å²) in [5.41, 5.74) is 4.00. The van der Waals surface area contributed by atoms with Crippen LogP contribution in [0.4, 0.5) is 9.59 Å². The first-order valence-electron chi connectivity index (χ1n) is 7.87. The number of nitrogens with one attached hydrogen (secondary N) is 2. The Morgan fingerprint density at radius 1 is 0.667 bits per heavy atom. The number of aryl methyl sites for hydroxylation is 2. The number of carbonyl (C=O) groups excluding carboxylic acids is 2. The highest BCUT2D eigenvalue weighted by Gasteiger charge is 2.51. The molecule has 2 heterocycles. The lowest BCUT2D eigenvalue weighted by molar-refractivity contribution is 0.0672. The van der Waals surface area contributed by atoms with E-state index in [1.54, 1.807) is 0 Å². The molecule has 2 aliphatic heterocycles. The average Bonchev–Trinajstić information content (AvgIpc) is 3.08. The molecule has 0 spiro atoms. The monoisotopic (exact) mass is 322 g/mol. The highest BCUT2D eigenvalue weighted by molar-refractivity contribution is 5.88. The van der Waals surface area contributed by atoms with Gasteiger partial charge in [0.15, 0.2) is 12.3 Å². The molecule has 6 nitrogen and oxygen atoms in total. The molecule has 2 atom stereocenters. The zero-order chi connectivity index (χ0) is 16.8. The second-order valence-electron chi connectivity index (χ2n) is 6.21. The van der Waals surface area contributed by atoms with Gasteiger partial charge in [0.05, 0.1) is 0 Å². The van der Waals surface area contributed by atoms with Crippen LogP contribution in [0.2, 0.25) is 0 Å². The minimum atomic E-state index is -0.492. The minimum absolute atomic E-state index is 0.287. The third-order valence-electron chi connectivity index (χ3n) is 4.44. The Bertz CT molecular complexity index is 731. The van der Waals surface area contributed by atoms with Crippen molar-refractivity contribution >= 4 is 12.1 Å². The molecule has 4 rings (SSSR count). The molecule has 0 unspecified atom stereocenters. The molecule has 0 aliphatic carbocycles. The maximum absolute atomic E-state index is 12.5. The van der Waals surface area contributed by atoms with Gasteiger partial charge < -0.3 is 10.6 Å². The fraction of sp³-hybridized carbons (Fsp3) is 0.222. The van der Waals surface area contributed by atoms with Crippen LogP contribution in [0, 0.1) is 13.8 Å². The molecule has 6 heteroatoms. The predicted molar refractivity (Wildman–Crippen MR) is 88.6 cm³/mol. The Morgan fingerprint density at radius 2 is 1.00 bits per heavy atom. The first-order chi connectivity index (χ1) is 11.5. The third kappa shape index (κ3) is 2.19. The van der Waals surface area contributed by atoms with Gasteiger partial charge in [-0.15, -0.1) is 0 Å². The third-order valence-corrected chi connectivity index (χ3v) is 4.44. The fourth-order valence-electron chi connectivity index (χ4n) is 3.11. The SMILES string of the molecule is Cc1ccc([C@H]2NC(=O)N3[C@@H](c4ccc(C)cc4)NC(=O)N23)cc1. The summed E-state index contributed by atoms with van der Waals surface area (Å²) in [7, 11) is 0. The van der Waals surface area contributed by atoms with Gasteiger partial charge in [0.2, 0.25) is 0 Å². The van der Waals surface area contributed by atoms with E-state index in [2.05, 4.69) is 10.6 Å². The molecule has 2 aromatic rings. The number of amides is 4. The van der Waals surface area contributed by atoms with Gasteiger partial charge >= 0.3 is 12.1 Å². The Labute approximate surface area is 140 Å². The Kier molecular flexibility index (Phi) is 3.19. The Balaban J connectivity index is 1.68. The van der Waals surface area contributed by atoms with Crippen LogP contribution in [0.15, 0.2) is 48.5 Å². The van der Waals surface area contributed by atoms with Crippen molar-refractivity contribution in [1.29, 1.82) is 0 Å². The number of rotatable bonds is 2. The lowest BCUT2D eigenvalue weighted by Gasteiger charge is -2.24. The van der Waals surface area contributed by atoms with Crippen molar-refractivity contribution in [2.75, 3.05) is 0 Å². The molecule has 2 saturated heterocycles. The summed E-state index contributed by atoms with van der Waals surface area (Å²) in [5.74, 6) is 0. The highest BCUT2D eigenvalue weighted by Crippen LogP contribution is 2.36. The van der Waals surface area contributed by atoms with Gasteiger partial charge in [-0.05, 0) is 25.0 Å². The largest absolute Gasteiger partial charge is 0.340 e. The van der Waals surface area contributed by atoms with E-state index >= 15 is 0 Å². The summed E-state index contributed by atoms with van der Waals surface area (Å²) >= 11 is 0. The number of urea groups is 2. The Hall–Kier alpha value is -3.02. The smallest absolute Gasteiger partial charge is 0.310 e. The van der Waals surface area contributed by atoms with Gasteiger partial charge in [-0.2, -0.15) is 0 Å². The lowest BCUT2D eigenvalue weighted by Crippen LogP contribution is -2.36. The topological polar surface area (TPSA) is 64.7 Å². The summed E-state index contributed by atoms with van der Waals surface area (Å²) in [6, 6.07) is 15.0. The minimum Gasteiger partial charge on any atom is -0.310 e. The first-order valence-corrected chi connectivity index (χ1v) is 7.87. The van der Waals surface area contributed by atoms with E-state index in [9.17, 15) is 9.59 Å². The van der Waals surface area contributed by atoms with Gasteiger partial charge in [0.1, 0.15) is 0 Å². The molecule has 122 valence electrons. The predicted octanol–water partition coefficient (Wildman–Crippen LogP) is 2.97. The van der Waals surface area contributed by atoms with Crippen molar-refractivity contribution in [3.8, 4) is 0 Å². The van der Waals surface area contributed by atoms with Crippen LogP contribution in [-0.2, 0) is 0 Å². The van der Waals surface area contributed by atoms with Gasteiger partial charge in [-0.25, -0.2) is 19.6 Å². The van der Waals surface area contributed by atoms with Gasteiger partial charge in [0.25, 0.3) is 0 Å². The van der Waals surface area contributed by atoms with E-state index in [-0.39, 0.29) is 12.1 Å². The van der Waals surface area contributed by atoms with Crippen molar-refractivity contribution in [2.45, 2.75) is 26.2 Å². The van der Waals surface area contributed by atoms with Crippen molar-refractivity contribution in [3.05, 3.63) is 70.8 Å². The van der Waals surface area contributed by atoms with E-state index in [1.165, 1.54) is 10.0 Å². The highest BCUT2D eigenvalue weighted by atomic mass is 16.2. The van der Waals surface area contributed by atoms with Gasteiger partial charge in [-0.3, -0.25) is 0 Å². The van der Waals surface area contributed by atoms with Crippen LogP contribution >= 0.6 is 0 Å². The van der Waals surface area contributed by atoms with Gasteiger partial charge in [-0.1, -0.05) is 59.7 Å². The molecule has 2 aliphatic rings. The summed E-state index contributed by atoms with van der Waals surface area (Å²) in [4.78, 5) is 25.0. The quantitative estimate of drug-likeness (QED) is 0.893. The number of nitrogens with zero attached hydrogens (tertiary/aromatic N) is 2. The van der Waals surface area contributed by atoms with Crippen LogP contribution in [0.25, 0.3) is 0 Å². The zero-order valence-corrected chi connectivity index (χ0v) is 13.5. The van der Waals surface area contributed by atoms with E-state index in [4.69, 9.17) is 0 Å². The second kappa shape index (κ2) is 5.26.